The van der Waals surface area contributed by atoms with E-state index in [1.807, 2.05) is 31.3 Å². The number of benzene rings is 1. The van der Waals surface area contributed by atoms with Gasteiger partial charge in [-0.25, -0.2) is 0 Å². The Bertz CT molecular complexity index is 441. The van der Waals surface area contributed by atoms with Crippen molar-refractivity contribution >= 4 is 5.97 Å². The van der Waals surface area contributed by atoms with E-state index in [0.29, 0.717) is 0 Å². The summed E-state index contributed by atoms with van der Waals surface area (Å²) < 4.78 is 5.13. The summed E-state index contributed by atoms with van der Waals surface area (Å²) in [5.41, 5.74) is 0.895. The fourth-order valence-electron chi connectivity index (χ4n) is 2.40. The van der Waals surface area contributed by atoms with E-state index in [2.05, 4.69) is 10.2 Å². The van der Waals surface area contributed by atoms with Crippen LogP contribution in [0.4, 0.5) is 0 Å². The average Bonchev–Trinajstić information content (AvgIpc) is 2.34. The molecular formula is C14H20N2O3. The third-order valence-corrected chi connectivity index (χ3v) is 3.78. The van der Waals surface area contributed by atoms with Crippen molar-refractivity contribution in [1.29, 1.82) is 0 Å². The number of nitrogens with one attached hydrogen (secondary N) is 1. The number of carboxylic acids is 1. The van der Waals surface area contributed by atoms with Crippen LogP contribution in [0.3, 0.4) is 0 Å². The molecule has 19 heavy (non-hydrogen) atoms. The van der Waals surface area contributed by atoms with Crippen LogP contribution in [-0.4, -0.2) is 48.8 Å². The van der Waals surface area contributed by atoms with Gasteiger partial charge in [0, 0.05) is 19.6 Å². The van der Waals surface area contributed by atoms with Gasteiger partial charge in [0.05, 0.1) is 19.1 Å². The quantitative estimate of drug-likeness (QED) is 0.801. The molecule has 0 spiro atoms. The highest BCUT2D eigenvalue weighted by atomic mass is 16.5. The van der Waals surface area contributed by atoms with Gasteiger partial charge in [0.1, 0.15) is 5.75 Å². The van der Waals surface area contributed by atoms with Crippen molar-refractivity contribution in [3.63, 3.8) is 0 Å². The summed E-state index contributed by atoms with van der Waals surface area (Å²) in [5, 5.41) is 12.2. The molecule has 1 heterocycles. The largest absolute Gasteiger partial charge is 0.497 e. The zero-order valence-electron chi connectivity index (χ0n) is 11.3. The Labute approximate surface area is 113 Å². The number of carbonyl (C=O) groups is 1. The summed E-state index contributed by atoms with van der Waals surface area (Å²) in [6.07, 6.45) is 0.173. The Morgan fingerprint density at radius 1 is 1.42 bits per heavy atom. The molecule has 1 fully saturated rings. The van der Waals surface area contributed by atoms with Gasteiger partial charge in [-0.2, -0.15) is 0 Å². The number of hydrogen-bond acceptors (Lipinski definition) is 4. The van der Waals surface area contributed by atoms with E-state index in [-0.39, 0.29) is 12.0 Å². The molecule has 5 nitrogen and oxygen atoms in total. The van der Waals surface area contributed by atoms with Crippen LogP contribution in [0.2, 0.25) is 0 Å². The molecule has 2 rings (SSSR count). The van der Waals surface area contributed by atoms with Crippen molar-refractivity contribution in [2.45, 2.75) is 18.5 Å². The van der Waals surface area contributed by atoms with Crippen molar-refractivity contribution in [2.24, 2.45) is 0 Å². The van der Waals surface area contributed by atoms with Crippen molar-refractivity contribution < 1.29 is 14.6 Å². The summed E-state index contributed by atoms with van der Waals surface area (Å²) in [4.78, 5) is 13.1. The summed E-state index contributed by atoms with van der Waals surface area (Å²) in [7, 11) is 3.62. The predicted octanol–water partition coefficient (Wildman–Crippen LogP) is 0.944. The zero-order valence-corrected chi connectivity index (χ0v) is 11.3. The van der Waals surface area contributed by atoms with Gasteiger partial charge in [-0.15, -0.1) is 0 Å². The van der Waals surface area contributed by atoms with Gasteiger partial charge in [0.2, 0.25) is 0 Å². The predicted molar refractivity (Wildman–Crippen MR) is 72.3 cm³/mol. The second-order valence-corrected chi connectivity index (χ2v) is 5.10. The van der Waals surface area contributed by atoms with Gasteiger partial charge in [0.25, 0.3) is 0 Å². The van der Waals surface area contributed by atoms with Gasteiger partial charge >= 0.3 is 5.97 Å². The summed E-state index contributed by atoms with van der Waals surface area (Å²) in [6.45, 7) is 2.19. The third kappa shape index (κ3) is 3.05. The van der Waals surface area contributed by atoms with Gasteiger partial charge in [-0.1, -0.05) is 12.1 Å². The topological polar surface area (TPSA) is 61.8 Å². The van der Waals surface area contributed by atoms with E-state index in [4.69, 9.17) is 9.84 Å². The maximum atomic E-state index is 11.0. The van der Waals surface area contributed by atoms with E-state index >= 15 is 0 Å². The van der Waals surface area contributed by atoms with Crippen LogP contribution < -0.4 is 10.1 Å². The molecule has 0 aromatic heterocycles. The fraction of sp³-hybridized carbons (Fsp3) is 0.500. The first-order valence-electron chi connectivity index (χ1n) is 6.32. The monoisotopic (exact) mass is 264 g/mol. The van der Waals surface area contributed by atoms with Gasteiger partial charge in [-0.05, 0) is 24.7 Å². The van der Waals surface area contributed by atoms with Crippen molar-refractivity contribution in [3.05, 3.63) is 29.8 Å². The Kier molecular flexibility index (Phi) is 4.07. The van der Waals surface area contributed by atoms with Crippen LogP contribution in [-0.2, 0) is 11.3 Å². The number of hydrogen-bond donors (Lipinski definition) is 2. The molecule has 5 heteroatoms. The standard InChI is InChI=1S/C14H20N2O3/c1-16(14(7-13(17)18)9-15-10-14)8-11-3-5-12(19-2)6-4-11/h3-6,15H,7-10H2,1-2H3,(H,17,18). The van der Waals surface area contributed by atoms with Crippen molar-refractivity contribution in [1.82, 2.24) is 10.2 Å². The number of aliphatic carboxylic acids is 1. The first-order valence-corrected chi connectivity index (χ1v) is 6.32. The van der Waals surface area contributed by atoms with Crippen LogP contribution in [0.15, 0.2) is 24.3 Å². The summed E-state index contributed by atoms with van der Waals surface area (Å²) >= 11 is 0. The first-order chi connectivity index (χ1) is 9.05. The smallest absolute Gasteiger partial charge is 0.305 e. The lowest BCUT2D eigenvalue weighted by atomic mass is 9.86. The number of methoxy groups -OCH3 is 1. The number of nitrogens with zero attached hydrogens (tertiary/aromatic N) is 1. The molecule has 1 aromatic rings. The highest BCUT2D eigenvalue weighted by Crippen LogP contribution is 2.25. The van der Waals surface area contributed by atoms with Gasteiger partial charge in [0.15, 0.2) is 0 Å². The summed E-state index contributed by atoms with van der Waals surface area (Å²) in [6, 6.07) is 7.87. The molecule has 0 saturated carbocycles. The van der Waals surface area contributed by atoms with Crippen LogP contribution in [0.5, 0.6) is 5.75 Å². The fourth-order valence-corrected chi connectivity index (χ4v) is 2.40. The molecule has 1 aromatic carbocycles. The number of carboxylic acid groups (broad SMARTS) is 1. The van der Waals surface area contributed by atoms with Gasteiger partial charge in [-0.3, -0.25) is 9.69 Å². The molecule has 2 N–H and O–H groups in total. The SMILES string of the molecule is COc1ccc(CN(C)C2(CC(=O)O)CNC2)cc1. The molecule has 0 unspecified atom stereocenters. The molecule has 1 aliphatic heterocycles. The number of ether oxygens (including phenoxy) is 1. The molecule has 1 saturated heterocycles. The first kappa shape index (κ1) is 13.8. The van der Waals surface area contributed by atoms with Crippen LogP contribution >= 0.6 is 0 Å². The van der Waals surface area contributed by atoms with Crippen molar-refractivity contribution in [3.8, 4) is 5.75 Å². The maximum absolute atomic E-state index is 11.0. The van der Waals surface area contributed by atoms with Crippen molar-refractivity contribution in [2.75, 3.05) is 27.2 Å². The molecule has 0 radical (unpaired) electrons. The van der Waals surface area contributed by atoms with Crippen LogP contribution in [0, 0.1) is 0 Å². The minimum Gasteiger partial charge on any atom is -0.497 e. The highest BCUT2D eigenvalue weighted by Gasteiger charge is 2.42. The Balaban J connectivity index is 2.02. The average molecular weight is 264 g/mol. The third-order valence-electron chi connectivity index (χ3n) is 3.78. The zero-order chi connectivity index (χ0) is 13.9. The molecular weight excluding hydrogens is 244 g/mol. The second-order valence-electron chi connectivity index (χ2n) is 5.10. The number of rotatable bonds is 6. The maximum Gasteiger partial charge on any atom is 0.305 e. The minimum absolute atomic E-state index is 0.173. The Hall–Kier alpha value is -1.59. The molecule has 0 amide bonds. The van der Waals surface area contributed by atoms with E-state index in [9.17, 15) is 4.79 Å². The highest BCUT2D eigenvalue weighted by molar-refractivity contribution is 5.68. The lowest BCUT2D eigenvalue weighted by Gasteiger charge is -2.48. The lowest BCUT2D eigenvalue weighted by Crippen LogP contribution is -2.68. The van der Waals surface area contributed by atoms with Crippen LogP contribution in [0.1, 0.15) is 12.0 Å². The number of likely N-dealkylation sites (N-methyl/N-ethyl adjacent to an activating group) is 1. The summed E-state index contributed by atoms with van der Waals surface area (Å²) in [5.74, 6) is 0.0834. The second kappa shape index (κ2) is 5.59. The van der Waals surface area contributed by atoms with E-state index in [1.165, 1.54) is 0 Å². The molecule has 104 valence electrons. The molecule has 0 bridgehead atoms. The molecule has 0 atom stereocenters. The molecule has 1 aliphatic rings. The van der Waals surface area contributed by atoms with E-state index < -0.39 is 5.97 Å². The minimum atomic E-state index is -0.747. The Morgan fingerprint density at radius 2 is 2.05 bits per heavy atom. The Morgan fingerprint density at radius 3 is 2.47 bits per heavy atom. The van der Waals surface area contributed by atoms with Crippen LogP contribution in [0.25, 0.3) is 0 Å². The van der Waals surface area contributed by atoms with E-state index in [0.717, 1.165) is 30.9 Å². The normalized spacial score (nSPS) is 17.0. The lowest BCUT2D eigenvalue weighted by molar-refractivity contribution is -0.141. The van der Waals surface area contributed by atoms with Gasteiger partial charge < -0.3 is 15.2 Å². The van der Waals surface area contributed by atoms with E-state index in [1.54, 1.807) is 7.11 Å². The molecule has 0 aliphatic carbocycles.